The van der Waals surface area contributed by atoms with Crippen molar-refractivity contribution in [2.24, 2.45) is 0 Å². The standard InChI is InChI=1S/C17H19ClN2O/c1-11(2)13-5-8-14(9-6-13)19-17(21)20-15-7-4-12(3)16(18)10-15/h4-11H,1-3H3,(H2,19,20,21). The largest absolute Gasteiger partial charge is 0.323 e. The first-order valence-electron chi connectivity index (χ1n) is 6.90. The van der Waals surface area contributed by atoms with Crippen molar-refractivity contribution in [2.75, 3.05) is 10.6 Å². The van der Waals surface area contributed by atoms with Gasteiger partial charge in [0, 0.05) is 16.4 Å². The number of hydrogen-bond donors (Lipinski definition) is 2. The molecule has 0 aliphatic rings. The van der Waals surface area contributed by atoms with Gasteiger partial charge in [-0.05, 0) is 48.2 Å². The summed E-state index contributed by atoms with van der Waals surface area (Å²) in [6.45, 7) is 6.19. The van der Waals surface area contributed by atoms with Gasteiger partial charge < -0.3 is 10.6 Å². The summed E-state index contributed by atoms with van der Waals surface area (Å²) >= 11 is 6.03. The lowest BCUT2D eigenvalue weighted by atomic mass is 10.0. The maximum Gasteiger partial charge on any atom is 0.323 e. The van der Waals surface area contributed by atoms with E-state index in [-0.39, 0.29) is 6.03 Å². The van der Waals surface area contributed by atoms with E-state index in [0.29, 0.717) is 16.6 Å². The molecule has 0 atom stereocenters. The second-order valence-electron chi connectivity index (χ2n) is 5.32. The van der Waals surface area contributed by atoms with Gasteiger partial charge in [0.15, 0.2) is 0 Å². The van der Waals surface area contributed by atoms with Gasteiger partial charge in [0.1, 0.15) is 0 Å². The normalized spacial score (nSPS) is 10.5. The minimum Gasteiger partial charge on any atom is -0.308 e. The van der Waals surface area contributed by atoms with Crippen LogP contribution in [-0.4, -0.2) is 6.03 Å². The van der Waals surface area contributed by atoms with Crippen LogP contribution in [0.15, 0.2) is 42.5 Å². The van der Waals surface area contributed by atoms with Gasteiger partial charge in [0.05, 0.1) is 0 Å². The van der Waals surface area contributed by atoms with Gasteiger partial charge in [-0.25, -0.2) is 4.79 Å². The summed E-state index contributed by atoms with van der Waals surface area (Å²) in [6.07, 6.45) is 0. The summed E-state index contributed by atoms with van der Waals surface area (Å²) in [5, 5.41) is 6.19. The van der Waals surface area contributed by atoms with Crippen LogP contribution in [-0.2, 0) is 0 Å². The molecule has 3 nitrogen and oxygen atoms in total. The minimum atomic E-state index is -0.285. The molecule has 0 saturated heterocycles. The van der Waals surface area contributed by atoms with Crippen LogP contribution in [0.1, 0.15) is 30.9 Å². The number of anilines is 2. The number of nitrogens with one attached hydrogen (secondary N) is 2. The molecule has 0 fully saturated rings. The van der Waals surface area contributed by atoms with Crippen LogP contribution in [0.25, 0.3) is 0 Å². The number of carbonyl (C=O) groups excluding carboxylic acids is 1. The maximum atomic E-state index is 11.9. The van der Waals surface area contributed by atoms with E-state index in [0.717, 1.165) is 11.3 Å². The van der Waals surface area contributed by atoms with Crippen LogP contribution >= 0.6 is 11.6 Å². The summed E-state index contributed by atoms with van der Waals surface area (Å²) < 4.78 is 0. The number of urea groups is 1. The van der Waals surface area contributed by atoms with Gasteiger partial charge in [-0.3, -0.25) is 0 Å². The van der Waals surface area contributed by atoms with Crippen LogP contribution < -0.4 is 10.6 Å². The highest BCUT2D eigenvalue weighted by Gasteiger charge is 2.05. The Morgan fingerprint density at radius 1 is 1.00 bits per heavy atom. The third-order valence-electron chi connectivity index (χ3n) is 3.26. The highest BCUT2D eigenvalue weighted by atomic mass is 35.5. The smallest absolute Gasteiger partial charge is 0.308 e. The lowest BCUT2D eigenvalue weighted by Crippen LogP contribution is -2.19. The average Bonchev–Trinajstić information content (AvgIpc) is 2.43. The molecular weight excluding hydrogens is 284 g/mol. The number of hydrogen-bond acceptors (Lipinski definition) is 1. The molecule has 4 heteroatoms. The predicted molar refractivity (Wildman–Crippen MR) is 89.4 cm³/mol. The zero-order chi connectivity index (χ0) is 15.4. The van der Waals surface area contributed by atoms with E-state index in [4.69, 9.17) is 11.6 Å². The SMILES string of the molecule is Cc1ccc(NC(=O)Nc2ccc(C(C)C)cc2)cc1Cl. The van der Waals surface area contributed by atoms with E-state index in [1.807, 2.05) is 43.3 Å². The monoisotopic (exact) mass is 302 g/mol. The van der Waals surface area contributed by atoms with E-state index in [2.05, 4.69) is 24.5 Å². The van der Waals surface area contributed by atoms with Crippen LogP contribution in [0.5, 0.6) is 0 Å². The second-order valence-corrected chi connectivity index (χ2v) is 5.73. The Labute approximate surface area is 130 Å². The third kappa shape index (κ3) is 4.23. The van der Waals surface area contributed by atoms with Crippen molar-refractivity contribution in [2.45, 2.75) is 26.7 Å². The van der Waals surface area contributed by atoms with Crippen molar-refractivity contribution < 1.29 is 4.79 Å². The first-order valence-corrected chi connectivity index (χ1v) is 7.27. The number of rotatable bonds is 3. The molecule has 0 heterocycles. The summed E-state index contributed by atoms with van der Waals surface area (Å²) in [5.74, 6) is 0.475. The topological polar surface area (TPSA) is 41.1 Å². The summed E-state index contributed by atoms with van der Waals surface area (Å²) in [7, 11) is 0. The Hall–Kier alpha value is -2.00. The van der Waals surface area contributed by atoms with Crippen molar-refractivity contribution in [3.8, 4) is 0 Å². The van der Waals surface area contributed by atoms with E-state index in [1.165, 1.54) is 5.56 Å². The van der Waals surface area contributed by atoms with E-state index in [9.17, 15) is 4.79 Å². The number of aryl methyl sites for hydroxylation is 1. The van der Waals surface area contributed by atoms with Gasteiger partial charge in [-0.15, -0.1) is 0 Å². The Kier molecular flexibility index (Phi) is 4.86. The fourth-order valence-corrected chi connectivity index (χ4v) is 2.10. The lowest BCUT2D eigenvalue weighted by Gasteiger charge is -2.10. The Bertz CT molecular complexity index is 636. The fourth-order valence-electron chi connectivity index (χ4n) is 1.92. The fraction of sp³-hybridized carbons (Fsp3) is 0.235. The Morgan fingerprint density at radius 3 is 2.14 bits per heavy atom. The molecule has 110 valence electrons. The summed E-state index contributed by atoms with van der Waals surface area (Å²) in [4.78, 5) is 11.9. The molecule has 0 aliphatic carbocycles. The minimum absolute atomic E-state index is 0.285. The van der Waals surface area contributed by atoms with Crippen molar-refractivity contribution in [3.05, 3.63) is 58.6 Å². The van der Waals surface area contributed by atoms with Gasteiger partial charge in [0.25, 0.3) is 0 Å². The molecule has 0 aromatic heterocycles. The number of benzene rings is 2. The molecule has 0 saturated carbocycles. The number of carbonyl (C=O) groups is 1. The van der Waals surface area contributed by atoms with Crippen molar-refractivity contribution in [3.63, 3.8) is 0 Å². The highest BCUT2D eigenvalue weighted by molar-refractivity contribution is 6.31. The molecule has 2 N–H and O–H groups in total. The first-order chi connectivity index (χ1) is 9.95. The van der Waals surface area contributed by atoms with E-state index >= 15 is 0 Å². The van der Waals surface area contributed by atoms with Crippen LogP contribution in [0, 0.1) is 6.92 Å². The molecule has 0 aliphatic heterocycles. The number of halogens is 1. The zero-order valence-corrected chi connectivity index (χ0v) is 13.2. The molecule has 21 heavy (non-hydrogen) atoms. The van der Waals surface area contributed by atoms with Crippen molar-refractivity contribution in [1.29, 1.82) is 0 Å². The van der Waals surface area contributed by atoms with E-state index < -0.39 is 0 Å². The van der Waals surface area contributed by atoms with E-state index in [1.54, 1.807) is 6.07 Å². The Balaban J connectivity index is 1.99. The molecule has 2 rings (SSSR count). The molecule has 2 aromatic rings. The number of amides is 2. The van der Waals surface area contributed by atoms with Crippen LogP contribution in [0.4, 0.5) is 16.2 Å². The predicted octanol–water partition coefficient (Wildman–Crippen LogP) is 5.42. The molecule has 0 bridgehead atoms. The summed E-state index contributed by atoms with van der Waals surface area (Å²) in [5.41, 5.74) is 3.65. The molecule has 0 radical (unpaired) electrons. The average molecular weight is 303 g/mol. The second kappa shape index (κ2) is 6.64. The van der Waals surface area contributed by atoms with Crippen molar-refractivity contribution >= 4 is 29.0 Å². The first kappa shape index (κ1) is 15.4. The molecule has 0 spiro atoms. The quantitative estimate of drug-likeness (QED) is 0.781. The van der Waals surface area contributed by atoms with Gasteiger partial charge in [0.2, 0.25) is 0 Å². The van der Waals surface area contributed by atoms with Gasteiger partial charge in [-0.1, -0.05) is 43.6 Å². The third-order valence-corrected chi connectivity index (χ3v) is 3.67. The molecule has 2 aromatic carbocycles. The molecule has 0 unspecified atom stereocenters. The molecule has 2 amide bonds. The lowest BCUT2D eigenvalue weighted by molar-refractivity contribution is 0.262. The Morgan fingerprint density at radius 2 is 1.57 bits per heavy atom. The highest BCUT2D eigenvalue weighted by Crippen LogP contribution is 2.20. The van der Waals surface area contributed by atoms with Crippen LogP contribution in [0.2, 0.25) is 5.02 Å². The summed E-state index contributed by atoms with van der Waals surface area (Å²) in [6, 6.07) is 13.0. The molecular formula is C17H19ClN2O. The zero-order valence-electron chi connectivity index (χ0n) is 12.4. The van der Waals surface area contributed by atoms with Gasteiger partial charge in [-0.2, -0.15) is 0 Å². The van der Waals surface area contributed by atoms with Crippen molar-refractivity contribution in [1.82, 2.24) is 0 Å². The van der Waals surface area contributed by atoms with Gasteiger partial charge >= 0.3 is 6.03 Å². The van der Waals surface area contributed by atoms with Crippen LogP contribution in [0.3, 0.4) is 0 Å². The maximum absolute atomic E-state index is 11.9.